The van der Waals surface area contributed by atoms with Gasteiger partial charge in [-0.3, -0.25) is 4.79 Å². The molecule has 2 N–H and O–H groups in total. The summed E-state index contributed by atoms with van der Waals surface area (Å²) in [7, 11) is 0. The molecule has 4 nitrogen and oxygen atoms in total. The number of rotatable bonds is 4. The van der Waals surface area contributed by atoms with Crippen LogP contribution in [0.15, 0.2) is 30.3 Å². The average molecular weight is 302 g/mol. The first kappa shape index (κ1) is 15.8. The third kappa shape index (κ3) is 4.18. The Bertz CT molecular complexity index is 485. The van der Waals surface area contributed by atoms with Gasteiger partial charge in [0.05, 0.1) is 6.61 Å². The van der Waals surface area contributed by atoms with E-state index in [1.165, 1.54) is 0 Å². The van der Waals surface area contributed by atoms with Gasteiger partial charge in [0, 0.05) is 13.2 Å². The fourth-order valence-corrected chi connectivity index (χ4v) is 2.28. The predicted molar refractivity (Wildman–Crippen MR) is 70.3 cm³/mol. The van der Waals surface area contributed by atoms with Gasteiger partial charge >= 0.3 is 6.18 Å². The molecule has 0 bridgehead atoms. The van der Waals surface area contributed by atoms with Gasteiger partial charge in [-0.1, -0.05) is 30.3 Å². The molecule has 1 atom stereocenters. The standard InChI is InChI=1S/C14H17F3N2O2/c15-14(16,17)9-19(8-11-4-2-1-3-5-11)12(20)13(18)6-7-21-10-13/h1-5H,6-10,18H2. The normalized spacial score (nSPS) is 22.3. The maximum Gasteiger partial charge on any atom is 0.406 e. The fourth-order valence-electron chi connectivity index (χ4n) is 2.28. The van der Waals surface area contributed by atoms with Crippen molar-refractivity contribution in [3.05, 3.63) is 35.9 Å². The second-order valence-electron chi connectivity index (χ2n) is 5.22. The molecule has 0 saturated carbocycles. The summed E-state index contributed by atoms with van der Waals surface area (Å²) in [4.78, 5) is 13.1. The molecule has 116 valence electrons. The number of hydrogen-bond acceptors (Lipinski definition) is 3. The fraction of sp³-hybridized carbons (Fsp3) is 0.500. The molecule has 1 aliphatic rings. The van der Waals surface area contributed by atoms with Gasteiger partial charge in [0.2, 0.25) is 5.91 Å². The molecule has 7 heteroatoms. The number of ether oxygens (including phenoxy) is 1. The van der Waals surface area contributed by atoms with E-state index in [9.17, 15) is 18.0 Å². The first-order valence-corrected chi connectivity index (χ1v) is 6.57. The highest BCUT2D eigenvalue weighted by molar-refractivity contribution is 5.86. The number of carbonyl (C=O) groups is 1. The van der Waals surface area contributed by atoms with Crippen LogP contribution in [-0.4, -0.2) is 42.3 Å². The first-order valence-electron chi connectivity index (χ1n) is 6.57. The Morgan fingerprint density at radius 2 is 2.00 bits per heavy atom. The van der Waals surface area contributed by atoms with E-state index in [4.69, 9.17) is 10.5 Å². The van der Waals surface area contributed by atoms with Crippen molar-refractivity contribution in [2.24, 2.45) is 5.73 Å². The van der Waals surface area contributed by atoms with Crippen LogP contribution in [0, 0.1) is 0 Å². The zero-order valence-corrected chi connectivity index (χ0v) is 11.4. The first-order chi connectivity index (χ1) is 9.80. The molecule has 1 unspecified atom stereocenters. The van der Waals surface area contributed by atoms with Crippen LogP contribution in [0.25, 0.3) is 0 Å². The summed E-state index contributed by atoms with van der Waals surface area (Å²) in [5.41, 5.74) is 5.15. The molecular weight excluding hydrogens is 285 g/mol. The Balaban J connectivity index is 2.17. The lowest BCUT2D eigenvalue weighted by atomic mass is 9.98. The summed E-state index contributed by atoms with van der Waals surface area (Å²) in [6.07, 6.45) is -4.24. The molecule has 1 heterocycles. The van der Waals surface area contributed by atoms with Gasteiger partial charge in [0.1, 0.15) is 12.1 Å². The average Bonchev–Trinajstić information content (AvgIpc) is 2.85. The Hall–Kier alpha value is -1.60. The van der Waals surface area contributed by atoms with Gasteiger partial charge in [0.25, 0.3) is 0 Å². The van der Waals surface area contributed by atoms with E-state index >= 15 is 0 Å². The number of amides is 1. The van der Waals surface area contributed by atoms with Crippen molar-refractivity contribution in [3.8, 4) is 0 Å². The zero-order valence-electron chi connectivity index (χ0n) is 11.4. The zero-order chi connectivity index (χ0) is 15.5. The summed E-state index contributed by atoms with van der Waals surface area (Å²) in [6, 6.07) is 8.52. The SMILES string of the molecule is NC1(C(=O)N(Cc2ccccc2)CC(F)(F)F)CCOC1. The van der Waals surface area contributed by atoms with Gasteiger partial charge < -0.3 is 15.4 Å². The van der Waals surface area contributed by atoms with Gasteiger partial charge in [-0.05, 0) is 12.0 Å². The summed E-state index contributed by atoms with van der Waals surface area (Å²) in [5.74, 6) is -0.721. The second-order valence-corrected chi connectivity index (χ2v) is 5.22. The van der Waals surface area contributed by atoms with Crippen LogP contribution in [0.4, 0.5) is 13.2 Å². The minimum absolute atomic E-state index is 0.0466. The van der Waals surface area contributed by atoms with Crippen LogP contribution < -0.4 is 5.73 Å². The molecule has 1 aromatic rings. The minimum atomic E-state index is -4.47. The predicted octanol–water partition coefficient (Wildman–Crippen LogP) is 1.70. The lowest BCUT2D eigenvalue weighted by molar-refractivity contribution is -0.165. The van der Waals surface area contributed by atoms with Gasteiger partial charge in [-0.15, -0.1) is 0 Å². The smallest absolute Gasteiger partial charge is 0.379 e. The van der Waals surface area contributed by atoms with Crippen molar-refractivity contribution >= 4 is 5.91 Å². The quantitative estimate of drug-likeness (QED) is 0.921. The summed E-state index contributed by atoms with van der Waals surface area (Å²) in [5, 5.41) is 0. The molecule has 1 amide bonds. The Morgan fingerprint density at radius 1 is 1.33 bits per heavy atom. The number of hydrogen-bond donors (Lipinski definition) is 1. The van der Waals surface area contributed by atoms with Crippen molar-refractivity contribution in [2.45, 2.75) is 24.7 Å². The van der Waals surface area contributed by atoms with Crippen molar-refractivity contribution in [1.29, 1.82) is 0 Å². The lowest BCUT2D eigenvalue weighted by Crippen LogP contribution is -2.57. The van der Waals surface area contributed by atoms with E-state index in [-0.39, 0.29) is 26.2 Å². The lowest BCUT2D eigenvalue weighted by Gasteiger charge is -2.31. The third-order valence-corrected chi connectivity index (χ3v) is 3.35. The topological polar surface area (TPSA) is 55.6 Å². The number of benzene rings is 1. The molecule has 1 fully saturated rings. The third-order valence-electron chi connectivity index (χ3n) is 3.35. The number of halogens is 3. The monoisotopic (exact) mass is 302 g/mol. The molecular formula is C14H17F3N2O2. The Morgan fingerprint density at radius 3 is 2.52 bits per heavy atom. The molecule has 0 spiro atoms. The van der Waals surface area contributed by atoms with Crippen LogP contribution in [-0.2, 0) is 16.1 Å². The van der Waals surface area contributed by atoms with Crippen LogP contribution in [0.5, 0.6) is 0 Å². The summed E-state index contributed by atoms with van der Waals surface area (Å²) in [6.45, 7) is -1.21. The maximum atomic E-state index is 12.7. The summed E-state index contributed by atoms with van der Waals surface area (Å²) < 4.78 is 43.2. The van der Waals surface area contributed by atoms with E-state index in [0.717, 1.165) is 4.90 Å². The van der Waals surface area contributed by atoms with Crippen molar-refractivity contribution in [2.75, 3.05) is 19.8 Å². The molecule has 0 radical (unpaired) electrons. The molecule has 0 aliphatic carbocycles. The van der Waals surface area contributed by atoms with Crippen LogP contribution >= 0.6 is 0 Å². The number of alkyl halides is 3. The van der Waals surface area contributed by atoms with Crippen LogP contribution in [0.1, 0.15) is 12.0 Å². The van der Waals surface area contributed by atoms with Crippen molar-refractivity contribution in [1.82, 2.24) is 4.90 Å². The molecule has 2 rings (SSSR count). The Kier molecular flexibility index (Phi) is 4.53. The second kappa shape index (κ2) is 6.03. The van der Waals surface area contributed by atoms with Crippen molar-refractivity contribution in [3.63, 3.8) is 0 Å². The van der Waals surface area contributed by atoms with Gasteiger partial charge in [0.15, 0.2) is 0 Å². The molecule has 0 aromatic heterocycles. The number of nitrogens with two attached hydrogens (primary N) is 1. The van der Waals surface area contributed by atoms with E-state index in [0.29, 0.717) is 5.56 Å². The Labute approximate surface area is 120 Å². The molecule has 1 saturated heterocycles. The van der Waals surface area contributed by atoms with E-state index < -0.39 is 24.2 Å². The van der Waals surface area contributed by atoms with Gasteiger partial charge in [-0.2, -0.15) is 13.2 Å². The molecule has 21 heavy (non-hydrogen) atoms. The number of carbonyl (C=O) groups excluding carboxylic acids is 1. The van der Waals surface area contributed by atoms with E-state index in [1.807, 2.05) is 0 Å². The summed E-state index contributed by atoms with van der Waals surface area (Å²) >= 11 is 0. The largest absolute Gasteiger partial charge is 0.406 e. The van der Waals surface area contributed by atoms with Crippen molar-refractivity contribution < 1.29 is 22.7 Å². The van der Waals surface area contributed by atoms with Crippen LogP contribution in [0.3, 0.4) is 0 Å². The number of nitrogens with zero attached hydrogens (tertiary/aromatic N) is 1. The highest BCUT2D eigenvalue weighted by atomic mass is 19.4. The molecule has 1 aromatic carbocycles. The highest BCUT2D eigenvalue weighted by Gasteiger charge is 2.44. The minimum Gasteiger partial charge on any atom is -0.379 e. The van der Waals surface area contributed by atoms with E-state index in [2.05, 4.69) is 0 Å². The highest BCUT2D eigenvalue weighted by Crippen LogP contribution is 2.24. The maximum absolute atomic E-state index is 12.7. The van der Waals surface area contributed by atoms with E-state index in [1.54, 1.807) is 30.3 Å². The van der Waals surface area contributed by atoms with Crippen LogP contribution in [0.2, 0.25) is 0 Å². The van der Waals surface area contributed by atoms with Gasteiger partial charge in [-0.25, -0.2) is 0 Å². The molecule has 1 aliphatic heterocycles.